The lowest BCUT2D eigenvalue weighted by molar-refractivity contribution is 0.436. The highest BCUT2D eigenvalue weighted by molar-refractivity contribution is 7.90. The molecule has 0 amide bonds. The zero-order valence-corrected chi connectivity index (χ0v) is 11.2. The predicted molar refractivity (Wildman–Crippen MR) is 66.3 cm³/mol. The molecule has 0 aliphatic carbocycles. The summed E-state index contributed by atoms with van der Waals surface area (Å²) >= 11 is 5.69. The van der Waals surface area contributed by atoms with Crippen LogP contribution in [0.2, 0.25) is 0 Å². The van der Waals surface area contributed by atoms with E-state index in [-0.39, 0.29) is 5.75 Å². The molecule has 1 unspecified atom stereocenters. The molecule has 0 aromatic heterocycles. The fourth-order valence-electron chi connectivity index (χ4n) is 1.47. The summed E-state index contributed by atoms with van der Waals surface area (Å²) < 4.78 is 21.7. The molecule has 0 aromatic carbocycles. The van der Waals surface area contributed by atoms with Crippen LogP contribution in [-0.4, -0.2) is 39.4 Å². The van der Waals surface area contributed by atoms with Gasteiger partial charge < -0.3 is 5.32 Å². The van der Waals surface area contributed by atoms with Gasteiger partial charge in [0.25, 0.3) is 0 Å². The first kappa shape index (κ1) is 15.2. The summed E-state index contributed by atoms with van der Waals surface area (Å²) in [5.74, 6) is 1.47. The first-order valence-corrected chi connectivity index (χ1v) is 8.03. The van der Waals surface area contributed by atoms with Gasteiger partial charge in [-0.2, -0.15) is 0 Å². The third kappa shape index (κ3) is 10.5. The molecule has 15 heavy (non-hydrogen) atoms. The second-order valence-corrected chi connectivity index (χ2v) is 6.60. The molecule has 0 saturated heterocycles. The molecule has 0 bridgehead atoms. The SMILES string of the molecule is CCCC(CCCl)CNCCS(C)(=O)=O. The second-order valence-electron chi connectivity index (χ2n) is 3.97. The molecule has 0 aliphatic rings. The molecule has 0 radical (unpaired) electrons. The highest BCUT2D eigenvalue weighted by atomic mass is 35.5. The zero-order valence-electron chi connectivity index (χ0n) is 9.63. The van der Waals surface area contributed by atoms with E-state index in [0.29, 0.717) is 18.3 Å². The van der Waals surface area contributed by atoms with Crippen molar-refractivity contribution >= 4 is 21.4 Å². The summed E-state index contributed by atoms with van der Waals surface area (Å²) in [6.45, 7) is 3.56. The van der Waals surface area contributed by atoms with Crippen LogP contribution in [-0.2, 0) is 9.84 Å². The number of halogens is 1. The smallest absolute Gasteiger partial charge is 0.148 e. The van der Waals surface area contributed by atoms with Crippen LogP contribution in [0, 0.1) is 5.92 Å². The lowest BCUT2D eigenvalue weighted by atomic mass is 10.0. The zero-order chi connectivity index (χ0) is 11.7. The van der Waals surface area contributed by atoms with E-state index in [9.17, 15) is 8.42 Å². The van der Waals surface area contributed by atoms with Crippen molar-refractivity contribution in [2.75, 3.05) is 31.0 Å². The van der Waals surface area contributed by atoms with E-state index in [1.807, 2.05) is 0 Å². The molecule has 0 rings (SSSR count). The summed E-state index contributed by atoms with van der Waals surface area (Å²) in [6, 6.07) is 0. The van der Waals surface area contributed by atoms with Gasteiger partial charge in [-0.15, -0.1) is 11.6 Å². The summed E-state index contributed by atoms with van der Waals surface area (Å²) in [7, 11) is -2.84. The van der Waals surface area contributed by atoms with Crippen LogP contribution < -0.4 is 5.32 Å². The van der Waals surface area contributed by atoms with E-state index >= 15 is 0 Å². The first-order valence-electron chi connectivity index (χ1n) is 5.44. The van der Waals surface area contributed by atoms with E-state index in [0.717, 1.165) is 25.8 Å². The minimum atomic E-state index is -2.84. The number of alkyl halides is 1. The van der Waals surface area contributed by atoms with Crippen LogP contribution in [0.15, 0.2) is 0 Å². The summed E-state index contributed by atoms with van der Waals surface area (Å²) in [5.41, 5.74) is 0. The molecule has 1 N–H and O–H groups in total. The van der Waals surface area contributed by atoms with E-state index in [1.54, 1.807) is 0 Å². The molecule has 0 fully saturated rings. The average Bonchev–Trinajstić information content (AvgIpc) is 2.11. The quantitative estimate of drug-likeness (QED) is 0.504. The van der Waals surface area contributed by atoms with Gasteiger partial charge in [0.1, 0.15) is 9.84 Å². The van der Waals surface area contributed by atoms with Crippen molar-refractivity contribution in [1.82, 2.24) is 5.32 Å². The Morgan fingerprint density at radius 1 is 1.33 bits per heavy atom. The standard InChI is InChI=1S/C10H22ClNO2S/c1-3-4-10(5-6-11)9-12-7-8-15(2,13)14/h10,12H,3-9H2,1-2H3. The molecule has 92 valence electrons. The van der Waals surface area contributed by atoms with Gasteiger partial charge in [-0.25, -0.2) is 8.42 Å². The Bertz CT molecular complexity index is 236. The van der Waals surface area contributed by atoms with Crippen molar-refractivity contribution in [3.8, 4) is 0 Å². The minimum Gasteiger partial charge on any atom is -0.315 e. The molecule has 3 nitrogen and oxygen atoms in total. The van der Waals surface area contributed by atoms with Crippen LogP contribution in [0.5, 0.6) is 0 Å². The highest BCUT2D eigenvalue weighted by Gasteiger charge is 2.07. The fourth-order valence-corrected chi connectivity index (χ4v) is 2.30. The van der Waals surface area contributed by atoms with Crippen LogP contribution in [0.4, 0.5) is 0 Å². The number of nitrogens with one attached hydrogen (secondary N) is 1. The van der Waals surface area contributed by atoms with Gasteiger partial charge in [-0.05, 0) is 25.3 Å². The van der Waals surface area contributed by atoms with E-state index in [2.05, 4.69) is 12.2 Å². The molecular formula is C10H22ClNO2S. The Morgan fingerprint density at radius 3 is 2.47 bits per heavy atom. The third-order valence-electron chi connectivity index (χ3n) is 2.30. The summed E-state index contributed by atoms with van der Waals surface area (Å²) in [5, 5.41) is 3.17. The van der Waals surface area contributed by atoms with Crippen molar-refractivity contribution in [1.29, 1.82) is 0 Å². The molecule has 1 atom stereocenters. The van der Waals surface area contributed by atoms with Crippen LogP contribution in [0.25, 0.3) is 0 Å². The Balaban J connectivity index is 3.61. The first-order chi connectivity index (χ1) is 6.99. The van der Waals surface area contributed by atoms with Gasteiger partial charge in [0, 0.05) is 18.7 Å². The molecule has 0 spiro atoms. The summed E-state index contributed by atoms with van der Waals surface area (Å²) in [6.07, 6.45) is 4.56. The maximum absolute atomic E-state index is 10.9. The number of rotatable bonds is 9. The van der Waals surface area contributed by atoms with E-state index in [1.165, 1.54) is 6.26 Å². The predicted octanol–water partition coefficient (Wildman–Crippen LogP) is 1.67. The van der Waals surface area contributed by atoms with Gasteiger partial charge in [-0.1, -0.05) is 13.3 Å². The fraction of sp³-hybridized carbons (Fsp3) is 1.00. The van der Waals surface area contributed by atoms with Crippen molar-refractivity contribution in [2.24, 2.45) is 5.92 Å². The average molecular weight is 256 g/mol. The van der Waals surface area contributed by atoms with Crippen molar-refractivity contribution in [3.63, 3.8) is 0 Å². The van der Waals surface area contributed by atoms with Gasteiger partial charge in [0.2, 0.25) is 0 Å². The van der Waals surface area contributed by atoms with Gasteiger partial charge in [-0.3, -0.25) is 0 Å². The molecule has 0 aromatic rings. The Kier molecular flexibility index (Phi) is 8.47. The Morgan fingerprint density at radius 2 is 2.00 bits per heavy atom. The van der Waals surface area contributed by atoms with Gasteiger partial charge >= 0.3 is 0 Å². The van der Waals surface area contributed by atoms with E-state index < -0.39 is 9.84 Å². The third-order valence-corrected chi connectivity index (χ3v) is 3.46. The van der Waals surface area contributed by atoms with Crippen molar-refractivity contribution in [3.05, 3.63) is 0 Å². The lowest BCUT2D eigenvalue weighted by Crippen LogP contribution is -2.28. The minimum absolute atomic E-state index is 0.215. The number of hydrogen-bond acceptors (Lipinski definition) is 3. The van der Waals surface area contributed by atoms with E-state index in [4.69, 9.17) is 11.6 Å². The summed E-state index contributed by atoms with van der Waals surface area (Å²) in [4.78, 5) is 0. The van der Waals surface area contributed by atoms with Crippen molar-refractivity contribution < 1.29 is 8.42 Å². The molecule has 5 heteroatoms. The highest BCUT2D eigenvalue weighted by Crippen LogP contribution is 2.10. The maximum atomic E-state index is 10.9. The second kappa shape index (κ2) is 8.36. The van der Waals surface area contributed by atoms with Gasteiger partial charge in [0.15, 0.2) is 0 Å². The Labute approximate surface area is 98.5 Å². The van der Waals surface area contributed by atoms with Crippen molar-refractivity contribution in [2.45, 2.75) is 26.2 Å². The topological polar surface area (TPSA) is 46.2 Å². The molecular weight excluding hydrogens is 234 g/mol. The largest absolute Gasteiger partial charge is 0.315 e. The monoisotopic (exact) mass is 255 g/mol. The molecule has 0 saturated carbocycles. The normalized spacial score (nSPS) is 14.1. The van der Waals surface area contributed by atoms with Crippen LogP contribution >= 0.6 is 11.6 Å². The molecule has 0 heterocycles. The van der Waals surface area contributed by atoms with Crippen LogP contribution in [0.3, 0.4) is 0 Å². The Hall–Kier alpha value is 0.200. The maximum Gasteiger partial charge on any atom is 0.148 e. The van der Waals surface area contributed by atoms with Gasteiger partial charge in [0.05, 0.1) is 5.75 Å². The lowest BCUT2D eigenvalue weighted by Gasteiger charge is -2.15. The number of sulfone groups is 1. The molecule has 0 aliphatic heterocycles. The van der Waals surface area contributed by atoms with Crippen LogP contribution in [0.1, 0.15) is 26.2 Å². The number of hydrogen-bond donors (Lipinski definition) is 1.